The smallest absolute Gasteiger partial charge is 0.0619 e. The van der Waals surface area contributed by atoms with E-state index in [-0.39, 0.29) is 5.92 Å². The van der Waals surface area contributed by atoms with E-state index in [9.17, 15) is 0 Å². The summed E-state index contributed by atoms with van der Waals surface area (Å²) in [5, 5.41) is 0. The van der Waals surface area contributed by atoms with Gasteiger partial charge in [0.1, 0.15) is 0 Å². The molecular weight excluding hydrogens is 134 g/mol. The van der Waals surface area contributed by atoms with Crippen LogP contribution >= 0.6 is 0 Å². The Kier molecular flexibility index (Phi) is 2.68. The van der Waals surface area contributed by atoms with Crippen LogP contribution in [0.4, 0.5) is 0 Å². The first kappa shape index (κ1) is 7.81. The number of rotatable bonds is 2. The van der Waals surface area contributed by atoms with Crippen molar-refractivity contribution >= 4 is 0 Å². The van der Waals surface area contributed by atoms with Gasteiger partial charge in [0.25, 0.3) is 0 Å². The van der Waals surface area contributed by atoms with Gasteiger partial charge in [-0.05, 0) is 18.6 Å². The molecule has 1 rings (SSSR count). The minimum atomic E-state index is 0.177. The summed E-state index contributed by atoms with van der Waals surface area (Å²) in [5.41, 5.74) is 0.998. The Balaban J connectivity index is 2.85. The minimum absolute atomic E-state index is 0.177. The highest BCUT2D eigenvalue weighted by atomic mass is 14.7. The van der Waals surface area contributed by atoms with Gasteiger partial charge < -0.3 is 0 Å². The molecule has 1 unspecified atom stereocenters. The van der Waals surface area contributed by atoms with Crippen molar-refractivity contribution in [2.24, 2.45) is 0 Å². The van der Waals surface area contributed by atoms with Gasteiger partial charge in [-0.25, -0.2) is 0 Å². The van der Waals surface area contributed by atoms with Crippen LogP contribution in [-0.4, -0.2) is 4.98 Å². The topological polar surface area (TPSA) is 12.9 Å². The summed E-state index contributed by atoms with van der Waals surface area (Å²) in [6, 6.07) is 5.82. The molecule has 0 saturated carbocycles. The second kappa shape index (κ2) is 3.78. The summed E-state index contributed by atoms with van der Waals surface area (Å²) in [5.74, 6) is 2.88. The third-order valence-corrected chi connectivity index (χ3v) is 1.65. The predicted octanol–water partition coefficient (Wildman–Crippen LogP) is 2.21. The van der Waals surface area contributed by atoms with Gasteiger partial charge in [0, 0.05) is 6.20 Å². The number of nitrogens with zero attached hydrogens (tertiary/aromatic N) is 1. The van der Waals surface area contributed by atoms with E-state index in [2.05, 4.69) is 17.8 Å². The standard InChI is InChI=1S/C10H11N/c1-3-9(4-2)10-7-5-6-8-11-10/h1,5-9H,4H2,2H3. The lowest BCUT2D eigenvalue weighted by Gasteiger charge is -2.04. The van der Waals surface area contributed by atoms with Crippen LogP contribution in [0.5, 0.6) is 0 Å². The summed E-state index contributed by atoms with van der Waals surface area (Å²) in [4.78, 5) is 4.18. The molecule has 1 aromatic heterocycles. The van der Waals surface area contributed by atoms with Gasteiger partial charge >= 0.3 is 0 Å². The highest BCUT2D eigenvalue weighted by Gasteiger charge is 2.04. The fourth-order valence-corrected chi connectivity index (χ4v) is 0.994. The zero-order valence-corrected chi connectivity index (χ0v) is 6.62. The van der Waals surface area contributed by atoms with Crippen LogP contribution in [-0.2, 0) is 0 Å². The molecule has 0 aliphatic carbocycles. The van der Waals surface area contributed by atoms with Crippen molar-refractivity contribution in [3.05, 3.63) is 30.1 Å². The van der Waals surface area contributed by atoms with Gasteiger partial charge in [-0.2, -0.15) is 0 Å². The van der Waals surface area contributed by atoms with Crippen LogP contribution in [0, 0.1) is 12.3 Å². The van der Waals surface area contributed by atoms with Crippen LogP contribution in [0.15, 0.2) is 24.4 Å². The number of hydrogen-bond donors (Lipinski definition) is 0. The molecule has 1 heterocycles. The normalized spacial score (nSPS) is 12.0. The summed E-state index contributed by atoms with van der Waals surface area (Å²) >= 11 is 0. The zero-order chi connectivity index (χ0) is 8.10. The van der Waals surface area contributed by atoms with Crippen LogP contribution in [0.1, 0.15) is 25.0 Å². The average Bonchev–Trinajstić information content (AvgIpc) is 2.09. The molecule has 0 radical (unpaired) electrons. The van der Waals surface area contributed by atoms with Crippen molar-refractivity contribution < 1.29 is 0 Å². The average molecular weight is 145 g/mol. The molecule has 0 aromatic carbocycles. The first-order valence-corrected chi connectivity index (χ1v) is 3.75. The third kappa shape index (κ3) is 1.81. The molecule has 56 valence electrons. The van der Waals surface area contributed by atoms with Crippen molar-refractivity contribution in [2.45, 2.75) is 19.3 Å². The Hall–Kier alpha value is -1.29. The Morgan fingerprint density at radius 2 is 2.45 bits per heavy atom. The molecule has 0 aliphatic heterocycles. The van der Waals surface area contributed by atoms with Gasteiger partial charge in [0.05, 0.1) is 11.6 Å². The quantitative estimate of drug-likeness (QED) is 0.581. The van der Waals surface area contributed by atoms with Crippen molar-refractivity contribution in [1.82, 2.24) is 4.98 Å². The summed E-state index contributed by atoms with van der Waals surface area (Å²) in [6.07, 6.45) is 8.05. The summed E-state index contributed by atoms with van der Waals surface area (Å²) in [6.45, 7) is 2.07. The van der Waals surface area contributed by atoms with Crippen LogP contribution in [0.2, 0.25) is 0 Å². The molecule has 0 bridgehead atoms. The second-order valence-corrected chi connectivity index (χ2v) is 2.38. The van der Waals surface area contributed by atoms with E-state index < -0.39 is 0 Å². The van der Waals surface area contributed by atoms with E-state index in [1.54, 1.807) is 6.20 Å². The maximum Gasteiger partial charge on any atom is 0.0619 e. The number of hydrogen-bond acceptors (Lipinski definition) is 1. The maximum absolute atomic E-state index is 5.33. The predicted molar refractivity (Wildman–Crippen MR) is 46.1 cm³/mol. The second-order valence-electron chi connectivity index (χ2n) is 2.38. The molecule has 0 amide bonds. The van der Waals surface area contributed by atoms with Gasteiger partial charge in [0.2, 0.25) is 0 Å². The highest BCUT2D eigenvalue weighted by Crippen LogP contribution is 2.14. The van der Waals surface area contributed by atoms with Crippen molar-refractivity contribution in [3.8, 4) is 12.3 Å². The number of aromatic nitrogens is 1. The number of terminal acetylenes is 1. The SMILES string of the molecule is C#CC(CC)c1ccccn1. The number of pyridine rings is 1. The molecular formula is C10H11N. The fourth-order valence-electron chi connectivity index (χ4n) is 0.994. The van der Waals surface area contributed by atoms with E-state index in [4.69, 9.17) is 6.42 Å². The molecule has 11 heavy (non-hydrogen) atoms. The summed E-state index contributed by atoms with van der Waals surface area (Å²) < 4.78 is 0. The van der Waals surface area contributed by atoms with Crippen LogP contribution in [0.25, 0.3) is 0 Å². The van der Waals surface area contributed by atoms with Gasteiger partial charge in [0.15, 0.2) is 0 Å². The lowest BCUT2D eigenvalue weighted by Crippen LogP contribution is -1.95. The molecule has 1 nitrogen and oxygen atoms in total. The molecule has 0 spiro atoms. The first-order chi connectivity index (χ1) is 5.38. The molecule has 0 fully saturated rings. The van der Waals surface area contributed by atoms with E-state index in [1.807, 2.05) is 18.2 Å². The highest BCUT2D eigenvalue weighted by molar-refractivity contribution is 5.18. The lowest BCUT2D eigenvalue weighted by atomic mass is 10.0. The Labute approximate surface area is 67.5 Å². The molecule has 0 aliphatic rings. The Morgan fingerprint density at radius 3 is 2.91 bits per heavy atom. The van der Waals surface area contributed by atoms with Crippen molar-refractivity contribution in [3.63, 3.8) is 0 Å². The molecule has 1 atom stereocenters. The largest absolute Gasteiger partial charge is 0.260 e. The fraction of sp³-hybridized carbons (Fsp3) is 0.300. The third-order valence-electron chi connectivity index (χ3n) is 1.65. The van der Waals surface area contributed by atoms with E-state index in [0.717, 1.165) is 12.1 Å². The zero-order valence-electron chi connectivity index (χ0n) is 6.62. The first-order valence-electron chi connectivity index (χ1n) is 3.75. The van der Waals surface area contributed by atoms with Crippen LogP contribution < -0.4 is 0 Å². The lowest BCUT2D eigenvalue weighted by molar-refractivity contribution is 0.798. The van der Waals surface area contributed by atoms with E-state index in [1.165, 1.54) is 0 Å². The molecule has 1 aromatic rings. The Morgan fingerprint density at radius 1 is 1.64 bits per heavy atom. The molecule has 0 saturated heterocycles. The molecule has 1 heteroatoms. The Bertz CT molecular complexity index is 245. The van der Waals surface area contributed by atoms with Crippen molar-refractivity contribution in [1.29, 1.82) is 0 Å². The molecule has 0 N–H and O–H groups in total. The minimum Gasteiger partial charge on any atom is -0.260 e. The van der Waals surface area contributed by atoms with Crippen LogP contribution in [0.3, 0.4) is 0 Å². The van der Waals surface area contributed by atoms with Gasteiger partial charge in [-0.1, -0.05) is 18.9 Å². The van der Waals surface area contributed by atoms with Gasteiger partial charge in [-0.3, -0.25) is 4.98 Å². The van der Waals surface area contributed by atoms with E-state index in [0.29, 0.717) is 0 Å². The monoisotopic (exact) mass is 145 g/mol. The summed E-state index contributed by atoms with van der Waals surface area (Å²) in [7, 11) is 0. The van der Waals surface area contributed by atoms with E-state index >= 15 is 0 Å². The van der Waals surface area contributed by atoms with Crippen molar-refractivity contribution in [2.75, 3.05) is 0 Å². The maximum atomic E-state index is 5.33. The van der Waals surface area contributed by atoms with Gasteiger partial charge in [-0.15, -0.1) is 6.42 Å².